The van der Waals surface area contributed by atoms with Gasteiger partial charge in [0.1, 0.15) is 5.69 Å². The van der Waals surface area contributed by atoms with E-state index in [-0.39, 0.29) is 23.8 Å². The standard InChI is InChI=1S/C17H25N3O3S/c1-3-4-15-18-14(11-24-15)17(22)19-9-12-5-6-13(10-19)20(16(12)21)7-8-23-2/h11-13H,3-10H2,1-2H3/t12-,13+/m0/s1. The molecule has 0 aromatic carbocycles. The number of aryl methyl sites for hydroxylation is 1. The Bertz CT molecular complexity index is 604. The number of amides is 2. The molecule has 7 heteroatoms. The molecule has 0 unspecified atom stereocenters. The summed E-state index contributed by atoms with van der Waals surface area (Å²) in [6.07, 6.45) is 3.77. The lowest BCUT2D eigenvalue weighted by atomic mass is 9.94. The van der Waals surface area contributed by atoms with Gasteiger partial charge in [0.05, 0.1) is 17.5 Å². The summed E-state index contributed by atoms with van der Waals surface area (Å²) in [5.74, 6) is 0.0498. The van der Waals surface area contributed by atoms with Crippen molar-refractivity contribution in [3.8, 4) is 0 Å². The molecule has 1 aromatic heterocycles. The summed E-state index contributed by atoms with van der Waals surface area (Å²) in [6, 6.07) is 0.101. The quantitative estimate of drug-likeness (QED) is 0.784. The first-order valence-electron chi connectivity index (χ1n) is 8.67. The molecular formula is C17H25N3O3S. The van der Waals surface area contributed by atoms with Crippen LogP contribution in [-0.2, 0) is 16.0 Å². The smallest absolute Gasteiger partial charge is 0.273 e. The number of methoxy groups -OCH3 is 1. The van der Waals surface area contributed by atoms with Gasteiger partial charge in [0.25, 0.3) is 5.91 Å². The average molecular weight is 351 g/mol. The first-order valence-corrected chi connectivity index (χ1v) is 9.55. The first kappa shape index (κ1) is 17.4. The molecule has 2 amide bonds. The molecule has 2 bridgehead atoms. The second-order valence-corrected chi connectivity index (χ2v) is 7.48. The number of piperidine rings is 1. The van der Waals surface area contributed by atoms with Crippen LogP contribution in [-0.4, -0.2) is 66.0 Å². The van der Waals surface area contributed by atoms with E-state index in [2.05, 4.69) is 11.9 Å². The van der Waals surface area contributed by atoms with Gasteiger partial charge in [0, 0.05) is 38.2 Å². The highest BCUT2D eigenvalue weighted by Crippen LogP contribution is 2.30. The van der Waals surface area contributed by atoms with Crippen molar-refractivity contribution in [2.45, 2.75) is 38.6 Å². The SMILES string of the molecule is CCCc1nc(C(=O)N2C[C@@H]3CC[C@H](C2)N(CCOC)C3=O)cs1. The number of carbonyl (C=O) groups is 2. The number of nitrogens with zero attached hydrogens (tertiary/aromatic N) is 3. The zero-order chi connectivity index (χ0) is 17.1. The van der Waals surface area contributed by atoms with Crippen molar-refractivity contribution in [3.05, 3.63) is 16.1 Å². The second-order valence-electron chi connectivity index (χ2n) is 6.54. The van der Waals surface area contributed by atoms with Crippen molar-refractivity contribution in [2.24, 2.45) is 5.92 Å². The Morgan fingerprint density at radius 3 is 3.00 bits per heavy atom. The summed E-state index contributed by atoms with van der Waals surface area (Å²) in [7, 11) is 1.65. The van der Waals surface area contributed by atoms with Crippen molar-refractivity contribution in [1.82, 2.24) is 14.8 Å². The fraction of sp³-hybridized carbons (Fsp3) is 0.706. The molecule has 3 aliphatic rings. The van der Waals surface area contributed by atoms with Crippen LogP contribution in [0.15, 0.2) is 5.38 Å². The van der Waals surface area contributed by atoms with E-state index in [1.54, 1.807) is 18.4 Å². The largest absolute Gasteiger partial charge is 0.383 e. The maximum absolute atomic E-state index is 12.8. The van der Waals surface area contributed by atoms with Crippen LogP contribution in [0.25, 0.3) is 0 Å². The third-order valence-electron chi connectivity index (χ3n) is 4.85. The monoisotopic (exact) mass is 351 g/mol. The van der Waals surface area contributed by atoms with E-state index in [0.717, 1.165) is 30.7 Å². The van der Waals surface area contributed by atoms with Gasteiger partial charge in [0.2, 0.25) is 5.91 Å². The number of thiazole rings is 1. The molecule has 6 nitrogen and oxygen atoms in total. The van der Waals surface area contributed by atoms with Gasteiger partial charge in [-0.15, -0.1) is 11.3 Å². The lowest BCUT2D eigenvalue weighted by Gasteiger charge is -2.35. The lowest BCUT2D eigenvalue weighted by Crippen LogP contribution is -2.49. The Labute approximate surface area is 146 Å². The van der Waals surface area contributed by atoms with Crippen LogP contribution in [0.4, 0.5) is 0 Å². The fourth-order valence-electron chi connectivity index (χ4n) is 3.59. The Morgan fingerprint density at radius 2 is 2.25 bits per heavy atom. The Balaban J connectivity index is 1.73. The minimum atomic E-state index is -0.0849. The Kier molecular flexibility index (Phi) is 5.50. The summed E-state index contributed by atoms with van der Waals surface area (Å²) in [5.41, 5.74) is 0.528. The number of carbonyl (C=O) groups excluding carboxylic acids is 2. The zero-order valence-corrected chi connectivity index (χ0v) is 15.2. The van der Waals surface area contributed by atoms with Crippen LogP contribution in [0.3, 0.4) is 0 Å². The molecule has 24 heavy (non-hydrogen) atoms. The zero-order valence-electron chi connectivity index (χ0n) is 14.4. The van der Waals surface area contributed by atoms with E-state index in [1.807, 2.05) is 15.2 Å². The molecule has 3 aliphatic heterocycles. The lowest BCUT2D eigenvalue weighted by molar-refractivity contribution is -0.140. The first-order chi connectivity index (χ1) is 11.6. The number of hydrogen-bond acceptors (Lipinski definition) is 5. The number of hydrogen-bond donors (Lipinski definition) is 0. The molecule has 0 radical (unpaired) electrons. The van der Waals surface area contributed by atoms with Gasteiger partial charge in [-0.3, -0.25) is 9.59 Å². The summed E-state index contributed by atoms with van der Waals surface area (Å²) in [4.78, 5) is 33.7. The van der Waals surface area contributed by atoms with Crippen LogP contribution < -0.4 is 0 Å². The summed E-state index contributed by atoms with van der Waals surface area (Å²) in [5, 5.41) is 2.86. The van der Waals surface area contributed by atoms with Gasteiger partial charge in [0.15, 0.2) is 0 Å². The van der Waals surface area contributed by atoms with Gasteiger partial charge in [-0.05, 0) is 25.7 Å². The Morgan fingerprint density at radius 1 is 1.42 bits per heavy atom. The van der Waals surface area contributed by atoms with Crippen LogP contribution in [0.1, 0.15) is 41.7 Å². The highest BCUT2D eigenvalue weighted by Gasteiger charge is 2.42. The highest BCUT2D eigenvalue weighted by molar-refractivity contribution is 7.09. The number of rotatable bonds is 6. The van der Waals surface area contributed by atoms with Crippen molar-refractivity contribution >= 4 is 23.2 Å². The second kappa shape index (κ2) is 7.61. The van der Waals surface area contributed by atoms with Gasteiger partial charge in [-0.1, -0.05) is 6.92 Å². The third kappa shape index (κ3) is 3.47. The normalized spacial score (nSPS) is 23.7. The van der Waals surface area contributed by atoms with E-state index >= 15 is 0 Å². The van der Waals surface area contributed by atoms with Crippen LogP contribution in [0, 0.1) is 5.92 Å². The predicted molar refractivity (Wildman–Crippen MR) is 92.1 cm³/mol. The average Bonchev–Trinajstić information content (AvgIpc) is 2.87. The molecule has 0 saturated carbocycles. The summed E-state index contributed by atoms with van der Waals surface area (Å²) >= 11 is 1.55. The summed E-state index contributed by atoms with van der Waals surface area (Å²) < 4.78 is 5.13. The maximum Gasteiger partial charge on any atom is 0.273 e. The predicted octanol–water partition coefficient (Wildman–Crippen LogP) is 1.81. The maximum atomic E-state index is 12.8. The molecule has 2 atom stereocenters. The molecule has 4 rings (SSSR count). The van der Waals surface area contributed by atoms with Crippen molar-refractivity contribution in [1.29, 1.82) is 0 Å². The van der Waals surface area contributed by atoms with E-state index < -0.39 is 0 Å². The van der Waals surface area contributed by atoms with E-state index in [0.29, 0.717) is 31.9 Å². The minimum Gasteiger partial charge on any atom is -0.383 e. The molecule has 0 N–H and O–H groups in total. The highest BCUT2D eigenvalue weighted by atomic mass is 32.1. The minimum absolute atomic E-state index is 0.0353. The molecule has 132 valence electrons. The fourth-order valence-corrected chi connectivity index (χ4v) is 4.46. The van der Waals surface area contributed by atoms with E-state index in [9.17, 15) is 9.59 Å². The Hall–Kier alpha value is -1.47. The number of ether oxygens (including phenoxy) is 1. The number of aromatic nitrogens is 1. The molecule has 1 aromatic rings. The molecular weight excluding hydrogens is 326 g/mol. The molecule has 0 spiro atoms. The third-order valence-corrected chi connectivity index (χ3v) is 5.76. The molecule has 4 heterocycles. The van der Waals surface area contributed by atoms with E-state index in [1.165, 1.54) is 0 Å². The topological polar surface area (TPSA) is 62.7 Å². The van der Waals surface area contributed by atoms with Crippen LogP contribution >= 0.6 is 11.3 Å². The molecule has 0 aliphatic carbocycles. The van der Waals surface area contributed by atoms with Crippen molar-refractivity contribution < 1.29 is 14.3 Å². The molecule has 3 saturated heterocycles. The van der Waals surface area contributed by atoms with Gasteiger partial charge < -0.3 is 14.5 Å². The van der Waals surface area contributed by atoms with Gasteiger partial charge >= 0.3 is 0 Å². The van der Waals surface area contributed by atoms with Gasteiger partial charge in [-0.2, -0.15) is 0 Å². The van der Waals surface area contributed by atoms with Gasteiger partial charge in [-0.25, -0.2) is 4.98 Å². The van der Waals surface area contributed by atoms with Crippen LogP contribution in [0.5, 0.6) is 0 Å². The molecule has 3 fully saturated rings. The summed E-state index contributed by atoms with van der Waals surface area (Å²) in [6.45, 7) is 4.37. The number of fused-ring (bicyclic) bond motifs is 4. The van der Waals surface area contributed by atoms with Crippen LogP contribution in [0.2, 0.25) is 0 Å². The van der Waals surface area contributed by atoms with Crippen molar-refractivity contribution in [2.75, 3.05) is 33.4 Å². The van der Waals surface area contributed by atoms with Crippen molar-refractivity contribution in [3.63, 3.8) is 0 Å². The van der Waals surface area contributed by atoms with E-state index in [4.69, 9.17) is 4.74 Å².